The van der Waals surface area contributed by atoms with Gasteiger partial charge in [0.1, 0.15) is 11.6 Å². The highest BCUT2D eigenvalue weighted by Gasteiger charge is 2.21. The van der Waals surface area contributed by atoms with E-state index in [0.717, 1.165) is 0 Å². The first-order chi connectivity index (χ1) is 9.38. The van der Waals surface area contributed by atoms with Crippen LogP contribution < -0.4 is 0 Å². The van der Waals surface area contributed by atoms with Crippen molar-refractivity contribution in [2.24, 2.45) is 0 Å². The molecule has 0 aromatic rings. The van der Waals surface area contributed by atoms with Gasteiger partial charge in [-0.05, 0) is 26.3 Å². The molecule has 0 aliphatic rings. The zero-order valence-electron chi connectivity index (χ0n) is 12.5. The van der Waals surface area contributed by atoms with E-state index in [9.17, 15) is 9.59 Å². The molecule has 0 radical (unpaired) electrons. The van der Waals surface area contributed by atoms with Crippen LogP contribution >= 0.6 is 0 Å². The summed E-state index contributed by atoms with van der Waals surface area (Å²) >= 11 is 0. The first-order valence-corrected chi connectivity index (χ1v) is 6.22. The van der Waals surface area contributed by atoms with Gasteiger partial charge < -0.3 is 14.4 Å². The lowest BCUT2D eigenvalue weighted by atomic mass is 10.0. The molecule has 110 valence electrons. The number of ether oxygens (including phenoxy) is 2. The van der Waals surface area contributed by atoms with E-state index in [2.05, 4.69) is 0 Å². The van der Waals surface area contributed by atoms with Crippen LogP contribution in [0, 0.1) is 11.3 Å². The molecule has 0 aliphatic carbocycles. The summed E-state index contributed by atoms with van der Waals surface area (Å²) in [5.41, 5.74) is 0.188. The third kappa shape index (κ3) is 5.14. The lowest BCUT2D eigenvalue weighted by molar-refractivity contribution is -0.138. The zero-order chi connectivity index (χ0) is 15.7. The quantitative estimate of drug-likeness (QED) is 0.317. The van der Waals surface area contributed by atoms with Crippen LogP contribution in [0.3, 0.4) is 0 Å². The molecule has 0 atom stereocenters. The summed E-state index contributed by atoms with van der Waals surface area (Å²) in [6.07, 6.45) is 1.50. The number of rotatable bonds is 6. The monoisotopic (exact) mass is 280 g/mol. The van der Waals surface area contributed by atoms with E-state index in [-0.39, 0.29) is 29.9 Å². The Bertz CT molecular complexity index is 470. The van der Waals surface area contributed by atoms with Crippen LogP contribution in [0.25, 0.3) is 0 Å². The average molecular weight is 280 g/mol. The SMILES string of the molecule is CCOC(=O)C(=C\N(C)C)/C(C)=C(\C#N)C(=O)OCC. The molecule has 0 rings (SSSR count). The maximum Gasteiger partial charge on any atom is 0.349 e. The lowest BCUT2D eigenvalue weighted by Gasteiger charge is -2.13. The van der Waals surface area contributed by atoms with Gasteiger partial charge >= 0.3 is 11.9 Å². The Morgan fingerprint density at radius 3 is 2.05 bits per heavy atom. The Morgan fingerprint density at radius 2 is 1.65 bits per heavy atom. The fourth-order valence-electron chi connectivity index (χ4n) is 1.39. The topological polar surface area (TPSA) is 79.6 Å². The van der Waals surface area contributed by atoms with E-state index in [1.54, 1.807) is 38.9 Å². The van der Waals surface area contributed by atoms with E-state index in [1.807, 2.05) is 0 Å². The van der Waals surface area contributed by atoms with Gasteiger partial charge in [0.15, 0.2) is 0 Å². The smallest absolute Gasteiger partial charge is 0.349 e. The minimum Gasteiger partial charge on any atom is -0.462 e. The maximum absolute atomic E-state index is 11.9. The number of nitrogens with zero attached hydrogens (tertiary/aromatic N) is 2. The van der Waals surface area contributed by atoms with E-state index >= 15 is 0 Å². The fourth-order valence-corrected chi connectivity index (χ4v) is 1.39. The predicted molar refractivity (Wildman–Crippen MR) is 73.3 cm³/mol. The van der Waals surface area contributed by atoms with Gasteiger partial charge in [-0.1, -0.05) is 0 Å². The van der Waals surface area contributed by atoms with Crippen LogP contribution in [0.5, 0.6) is 0 Å². The summed E-state index contributed by atoms with van der Waals surface area (Å²) in [5.74, 6) is -1.34. The highest BCUT2D eigenvalue weighted by atomic mass is 16.5. The van der Waals surface area contributed by atoms with Crippen LogP contribution in [0.1, 0.15) is 20.8 Å². The van der Waals surface area contributed by atoms with Crippen molar-refractivity contribution in [2.75, 3.05) is 27.3 Å². The molecule has 0 heterocycles. The van der Waals surface area contributed by atoms with Gasteiger partial charge in [0.05, 0.1) is 18.8 Å². The summed E-state index contributed by atoms with van der Waals surface area (Å²) in [4.78, 5) is 25.2. The Balaban J connectivity index is 5.72. The molecular weight excluding hydrogens is 260 g/mol. The van der Waals surface area contributed by atoms with E-state index < -0.39 is 11.9 Å². The van der Waals surface area contributed by atoms with Gasteiger partial charge in [0.2, 0.25) is 0 Å². The summed E-state index contributed by atoms with van der Waals surface area (Å²) in [6, 6.07) is 1.78. The third-order valence-corrected chi connectivity index (χ3v) is 2.25. The fraction of sp³-hybridized carbons (Fsp3) is 0.500. The van der Waals surface area contributed by atoms with Crippen molar-refractivity contribution in [3.63, 3.8) is 0 Å². The molecule has 0 spiro atoms. The van der Waals surface area contributed by atoms with Crippen molar-refractivity contribution in [3.05, 3.63) is 22.9 Å². The number of hydrogen-bond acceptors (Lipinski definition) is 6. The van der Waals surface area contributed by atoms with Crippen LogP contribution in [0.4, 0.5) is 0 Å². The molecular formula is C14H20N2O4. The Labute approximate surface area is 119 Å². The molecule has 0 aromatic carbocycles. The van der Waals surface area contributed by atoms with Gasteiger partial charge in [-0.15, -0.1) is 0 Å². The normalized spacial score (nSPS) is 12.1. The number of hydrogen-bond donors (Lipinski definition) is 0. The summed E-state index contributed by atoms with van der Waals surface area (Å²) in [7, 11) is 3.45. The molecule has 6 heteroatoms. The molecule has 0 saturated heterocycles. The van der Waals surface area contributed by atoms with E-state index in [0.29, 0.717) is 0 Å². The number of carbonyl (C=O) groups excluding carboxylic acids is 2. The van der Waals surface area contributed by atoms with Crippen LogP contribution in [-0.2, 0) is 19.1 Å². The lowest BCUT2D eigenvalue weighted by Crippen LogP contribution is -2.16. The van der Waals surface area contributed by atoms with Gasteiger partial charge in [-0.25, -0.2) is 9.59 Å². The number of nitriles is 1. The second kappa shape index (κ2) is 8.75. The van der Waals surface area contributed by atoms with Gasteiger partial charge in [0, 0.05) is 20.3 Å². The van der Waals surface area contributed by atoms with Crippen molar-refractivity contribution < 1.29 is 19.1 Å². The Kier molecular flexibility index (Phi) is 7.75. The molecule has 0 saturated carbocycles. The molecule has 20 heavy (non-hydrogen) atoms. The van der Waals surface area contributed by atoms with Crippen molar-refractivity contribution in [1.29, 1.82) is 5.26 Å². The van der Waals surface area contributed by atoms with Crippen LogP contribution in [0.15, 0.2) is 22.9 Å². The summed E-state index contributed by atoms with van der Waals surface area (Å²) in [6.45, 7) is 5.20. The van der Waals surface area contributed by atoms with Crippen molar-refractivity contribution in [1.82, 2.24) is 4.90 Å². The number of esters is 2. The van der Waals surface area contributed by atoms with Gasteiger partial charge in [-0.3, -0.25) is 0 Å². The second-order valence-corrected chi connectivity index (χ2v) is 4.06. The van der Waals surface area contributed by atoms with Gasteiger partial charge in [0.25, 0.3) is 0 Å². The highest BCUT2D eigenvalue weighted by molar-refractivity contribution is 6.00. The van der Waals surface area contributed by atoms with E-state index in [4.69, 9.17) is 14.7 Å². The van der Waals surface area contributed by atoms with Crippen molar-refractivity contribution in [2.45, 2.75) is 20.8 Å². The Morgan fingerprint density at radius 1 is 1.15 bits per heavy atom. The average Bonchev–Trinajstić information content (AvgIpc) is 2.37. The first kappa shape index (κ1) is 17.7. The molecule has 6 nitrogen and oxygen atoms in total. The van der Waals surface area contributed by atoms with Crippen molar-refractivity contribution >= 4 is 11.9 Å². The first-order valence-electron chi connectivity index (χ1n) is 6.22. The Hall–Kier alpha value is -2.29. The minimum absolute atomic E-state index is 0.154. The summed E-state index contributed by atoms with van der Waals surface area (Å²) in [5, 5.41) is 9.09. The minimum atomic E-state index is -0.749. The molecule has 0 aliphatic heterocycles. The largest absolute Gasteiger partial charge is 0.462 e. The molecule has 0 N–H and O–H groups in total. The maximum atomic E-state index is 11.9. The van der Waals surface area contributed by atoms with Gasteiger partial charge in [-0.2, -0.15) is 5.26 Å². The van der Waals surface area contributed by atoms with E-state index in [1.165, 1.54) is 13.1 Å². The molecule has 0 fully saturated rings. The van der Waals surface area contributed by atoms with Crippen LogP contribution in [0.2, 0.25) is 0 Å². The number of carbonyl (C=O) groups is 2. The second-order valence-electron chi connectivity index (χ2n) is 4.06. The predicted octanol–water partition coefficient (Wildman–Crippen LogP) is 1.40. The third-order valence-electron chi connectivity index (χ3n) is 2.25. The zero-order valence-corrected chi connectivity index (χ0v) is 12.5. The van der Waals surface area contributed by atoms with Crippen molar-refractivity contribution in [3.8, 4) is 6.07 Å². The molecule has 0 bridgehead atoms. The van der Waals surface area contributed by atoms with Crippen LogP contribution in [-0.4, -0.2) is 44.1 Å². The summed E-state index contributed by atoms with van der Waals surface area (Å²) < 4.78 is 9.73. The molecule has 0 unspecified atom stereocenters. The standard InChI is InChI=1S/C14H20N2O4/c1-6-19-13(17)11(8-15)10(3)12(9-16(4)5)14(18)20-7-2/h9H,6-7H2,1-5H3/b11-10+,12-9-. The molecule has 0 amide bonds. The molecule has 0 aromatic heterocycles. The highest BCUT2D eigenvalue weighted by Crippen LogP contribution is 2.17.